The van der Waals surface area contributed by atoms with Gasteiger partial charge in [-0.05, 0) is 12.1 Å². The monoisotopic (exact) mass is 296 g/mol. The Labute approximate surface area is 126 Å². The van der Waals surface area contributed by atoms with E-state index in [1.165, 1.54) is 0 Å². The number of rotatable bonds is 3. The van der Waals surface area contributed by atoms with Gasteiger partial charge in [0, 0.05) is 37.0 Å². The number of nitrogens with zero attached hydrogens (tertiary/aromatic N) is 3. The van der Waals surface area contributed by atoms with Crippen molar-refractivity contribution in [3.8, 4) is 0 Å². The Morgan fingerprint density at radius 1 is 1.45 bits per heavy atom. The van der Waals surface area contributed by atoms with E-state index in [0.717, 1.165) is 35.4 Å². The van der Waals surface area contributed by atoms with Crippen molar-refractivity contribution in [2.75, 3.05) is 6.54 Å². The van der Waals surface area contributed by atoms with Crippen molar-refractivity contribution in [3.63, 3.8) is 0 Å². The van der Waals surface area contributed by atoms with E-state index in [2.05, 4.69) is 25.7 Å². The second-order valence-electron chi connectivity index (χ2n) is 5.32. The smallest absolute Gasteiger partial charge is 0.243 e. The number of amides is 1. The van der Waals surface area contributed by atoms with Gasteiger partial charge in [0.1, 0.15) is 6.04 Å². The van der Waals surface area contributed by atoms with Crippen LogP contribution in [0.3, 0.4) is 0 Å². The number of aromatic nitrogens is 4. The maximum atomic E-state index is 12.4. The van der Waals surface area contributed by atoms with Crippen LogP contribution in [-0.4, -0.2) is 32.0 Å². The van der Waals surface area contributed by atoms with Crippen molar-refractivity contribution in [2.45, 2.75) is 19.0 Å². The van der Waals surface area contributed by atoms with Gasteiger partial charge >= 0.3 is 0 Å². The van der Waals surface area contributed by atoms with E-state index < -0.39 is 6.04 Å². The summed E-state index contributed by atoms with van der Waals surface area (Å²) in [5.74, 6) is -0.0664. The number of carbonyl (C=O) groups is 1. The van der Waals surface area contributed by atoms with Crippen LogP contribution in [0, 0.1) is 0 Å². The fourth-order valence-electron chi connectivity index (χ4n) is 2.84. The SMILES string of the molecule is O=C(NCc1cnn2ccccc12)[C@@H]1NCCc2[nH]cnc21. The average Bonchev–Trinajstić information content (AvgIpc) is 3.19. The summed E-state index contributed by atoms with van der Waals surface area (Å²) in [7, 11) is 0. The van der Waals surface area contributed by atoms with Crippen LogP contribution in [0.5, 0.6) is 0 Å². The maximum Gasteiger partial charge on any atom is 0.243 e. The van der Waals surface area contributed by atoms with Gasteiger partial charge in [0.2, 0.25) is 5.91 Å². The van der Waals surface area contributed by atoms with Crippen LogP contribution in [0.25, 0.3) is 5.52 Å². The zero-order valence-corrected chi connectivity index (χ0v) is 11.9. The third-order valence-corrected chi connectivity index (χ3v) is 3.97. The molecule has 4 heterocycles. The molecule has 0 saturated carbocycles. The van der Waals surface area contributed by atoms with Gasteiger partial charge < -0.3 is 15.6 Å². The lowest BCUT2D eigenvalue weighted by Gasteiger charge is -2.22. The number of hydrogen-bond donors (Lipinski definition) is 3. The molecule has 0 bridgehead atoms. The van der Waals surface area contributed by atoms with Crippen LogP contribution < -0.4 is 10.6 Å². The van der Waals surface area contributed by atoms with Gasteiger partial charge in [-0.15, -0.1) is 0 Å². The zero-order valence-electron chi connectivity index (χ0n) is 11.9. The molecule has 0 radical (unpaired) electrons. The molecule has 0 unspecified atom stereocenters. The normalized spacial score (nSPS) is 17.4. The van der Waals surface area contributed by atoms with Gasteiger partial charge in [-0.25, -0.2) is 9.50 Å². The number of imidazole rings is 1. The molecule has 0 fully saturated rings. The van der Waals surface area contributed by atoms with Crippen molar-refractivity contribution >= 4 is 11.4 Å². The summed E-state index contributed by atoms with van der Waals surface area (Å²) in [5, 5.41) is 10.5. The van der Waals surface area contributed by atoms with E-state index in [1.807, 2.05) is 24.4 Å². The van der Waals surface area contributed by atoms with Gasteiger partial charge in [0.25, 0.3) is 0 Å². The topological polar surface area (TPSA) is 87.1 Å². The van der Waals surface area contributed by atoms with E-state index in [4.69, 9.17) is 0 Å². The Bertz CT molecular complexity index is 820. The minimum atomic E-state index is -0.392. The summed E-state index contributed by atoms with van der Waals surface area (Å²) in [6.07, 6.45) is 6.18. The Kier molecular flexibility index (Phi) is 3.12. The van der Waals surface area contributed by atoms with Crippen LogP contribution in [0.2, 0.25) is 0 Å². The van der Waals surface area contributed by atoms with Crippen molar-refractivity contribution in [1.82, 2.24) is 30.2 Å². The highest BCUT2D eigenvalue weighted by atomic mass is 16.2. The molecule has 3 aromatic heterocycles. The van der Waals surface area contributed by atoms with E-state index in [1.54, 1.807) is 17.0 Å². The Hall–Kier alpha value is -2.67. The lowest BCUT2D eigenvalue weighted by Crippen LogP contribution is -2.41. The summed E-state index contributed by atoms with van der Waals surface area (Å²) in [5.41, 5.74) is 3.82. The summed E-state index contributed by atoms with van der Waals surface area (Å²) < 4.78 is 1.80. The Balaban J connectivity index is 1.50. The number of fused-ring (bicyclic) bond motifs is 2. The minimum Gasteiger partial charge on any atom is -0.350 e. The Morgan fingerprint density at radius 2 is 2.41 bits per heavy atom. The highest BCUT2D eigenvalue weighted by Crippen LogP contribution is 2.19. The lowest BCUT2D eigenvalue weighted by molar-refractivity contribution is -0.123. The van der Waals surface area contributed by atoms with E-state index in [-0.39, 0.29) is 5.91 Å². The van der Waals surface area contributed by atoms with Gasteiger partial charge in [-0.3, -0.25) is 4.79 Å². The summed E-state index contributed by atoms with van der Waals surface area (Å²) >= 11 is 0. The molecule has 112 valence electrons. The first-order valence-corrected chi connectivity index (χ1v) is 7.27. The fraction of sp³-hybridized carbons (Fsp3) is 0.267. The number of aromatic amines is 1. The van der Waals surface area contributed by atoms with Gasteiger partial charge in [0.15, 0.2) is 0 Å². The molecule has 3 N–H and O–H groups in total. The maximum absolute atomic E-state index is 12.4. The van der Waals surface area contributed by atoms with Crippen molar-refractivity contribution in [2.24, 2.45) is 0 Å². The van der Waals surface area contributed by atoms with Gasteiger partial charge in [0.05, 0.1) is 23.7 Å². The standard InChI is InChI=1S/C15H16N6O/c22-15(14-13-11(4-5-16-14)18-9-19-13)17-7-10-8-20-21-6-2-1-3-12(10)21/h1-3,6,8-9,14,16H,4-5,7H2,(H,17,22)(H,18,19)/t14-/m1/s1. The Morgan fingerprint density at radius 3 is 3.36 bits per heavy atom. The lowest BCUT2D eigenvalue weighted by atomic mass is 10.0. The first-order chi connectivity index (χ1) is 10.8. The summed E-state index contributed by atoms with van der Waals surface area (Å²) in [6, 6.07) is 5.48. The van der Waals surface area contributed by atoms with E-state index >= 15 is 0 Å². The second-order valence-corrected chi connectivity index (χ2v) is 5.32. The molecule has 7 heteroatoms. The quantitative estimate of drug-likeness (QED) is 0.659. The first kappa shape index (κ1) is 13.0. The highest BCUT2D eigenvalue weighted by molar-refractivity contribution is 5.83. The summed E-state index contributed by atoms with van der Waals surface area (Å²) in [4.78, 5) is 19.8. The molecule has 0 aromatic carbocycles. The average molecular weight is 296 g/mol. The highest BCUT2D eigenvalue weighted by Gasteiger charge is 2.28. The molecule has 0 saturated heterocycles. The molecule has 1 aliphatic heterocycles. The van der Waals surface area contributed by atoms with Crippen LogP contribution in [0.1, 0.15) is 23.0 Å². The molecular formula is C15H16N6O. The first-order valence-electron chi connectivity index (χ1n) is 7.27. The van der Waals surface area contributed by atoms with Crippen molar-refractivity contribution < 1.29 is 4.79 Å². The molecule has 1 aliphatic rings. The second kappa shape index (κ2) is 5.27. The number of nitrogens with one attached hydrogen (secondary N) is 3. The van der Waals surface area contributed by atoms with Crippen LogP contribution in [0.15, 0.2) is 36.9 Å². The third kappa shape index (κ3) is 2.15. The third-order valence-electron chi connectivity index (χ3n) is 3.97. The molecule has 22 heavy (non-hydrogen) atoms. The van der Waals surface area contributed by atoms with E-state index in [0.29, 0.717) is 6.54 Å². The zero-order chi connectivity index (χ0) is 14.9. The predicted octanol–water partition coefficient (Wildman–Crippen LogP) is 0.561. The molecule has 1 amide bonds. The minimum absolute atomic E-state index is 0.0664. The summed E-state index contributed by atoms with van der Waals surface area (Å²) in [6.45, 7) is 1.22. The van der Waals surface area contributed by atoms with Crippen molar-refractivity contribution in [3.05, 3.63) is 53.9 Å². The number of carbonyl (C=O) groups excluding carboxylic acids is 1. The number of pyridine rings is 1. The molecule has 0 spiro atoms. The predicted molar refractivity (Wildman–Crippen MR) is 80.1 cm³/mol. The van der Waals surface area contributed by atoms with Crippen molar-refractivity contribution in [1.29, 1.82) is 0 Å². The fourth-order valence-corrected chi connectivity index (χ4v) is 2.84. The molecule has 4 rings (SSSR count). The van der Waals surface area contributed by atoms with Gasteiger partial charge in [-0.1, -0.05) is 6.07 Å². The molecule has 3 aromatic rings. The molecule has 0 aliphatic carbocycles. The van der Waals surface area contributed by atoms with E-state index in [9.17, 15) is 4.79 Å². The molecule has 1 atom stereocenters. The van der Waals surface area contributed by atoms with Crippen LogP contribution in [0.4, 0.5) is 0 Å². The van der Waals surface area contributed by atoms with Gasteiger partial charge in [-0.2, -0.15) is 5.10 Å². The number of hydrogen-bond acceptors (Lipinski definition) is 4. The van der Waals surface area contributed by atoms with Crippen LogP contribution >= 0.6 is 0 Å². The number of H-pyrrole nitrogens is 1. The molecule has 7 nitrogen and oxygen atoms in total. The van der Waals surface area contributed by atoms with Crippen LogP contribution in [-0.2, 0) is 17.8 Å². The molecular weight excluding hydrogens is 280 g/mol. The largest absolute Gasteiger partial charge is 0.350 e.